The van der Waals surface area contributed by atoms with Crippen LogP contribution in [-0.2, 0) is 0 Å². The summed E-state index contributed by atoms with van der Waals surface area (Å²) < 4.78 is 0. The van der Waals surface area contributed by atoms with Gasteiger partial charge in [-0.15, -0.1) is 11.6 Å². The van der Waals surface area contributed by atoms with Gasteiger partial charge in [0.2, 0.25) is 0 Å². The number of halogens is 2. The van der Waals surface area contributed by atoms with Gasteiger partial charge in [0, 0.05) is 22.8 Å². The van der Waals surface area contributed by atoms with Crippen LogP contribution in [0.1, 0.15) is 35.0 Å². The first-order valence-corrected chi connectivity index (χ1v) is 6.72. The van der Waals surface area contributed by atoms with Crippen LogP contribution in [0, 0.1) is 6.92 Å². The van der Waals surface area contributed by atoms with E-state index in [1.807, 2.05) is 43.3 Å². The van der Waals surface area contributed by atoms with E-state index in [9.17, 15) is 0 Å². The van der Waals surface area contributed by atoms with E-state index in [2.05, 4.69) is 11.9 Å². The highest BCUT2D eigenvalue weighted by Crippen LogP contribution is 2.38. The molecule has 18 heavy (non-hydrogen) atoms. The molecule has 2 rings (SSSR count). The van der Waals surface area contributed by atoms with Gasteiger partial charge in [-0.2, -0.15) is 0 Å². The number of benzene rings is 1. The van der Waals surface area contributed by atoms with E-state index >= 15 is 0 Å². The van der Waals surface area contributed by atoms with Gasteiger partial charge in [0.05, 0.1) is 5.38 Å². The molecule has 3 heteroatoms. The number of rotatable bonds is 3. The molecule has 0 fully saturated rings. The van der Waals surface area contributed by atoms with Crippen molar-refractivity contribution in [3.63, 3.8) is 0 Å². The molecule has 1 nitrogen and oxygen atoms in total. The summed E-state index contributed by atoms with van der Waals surface area (Å²) in [5.74, 6) is 0.119. The van der Waals surface area contributed by atoms with Gasteiger partial charge < -0.3 is 0 Å². The summed E-state index contributed by atoms with van der Waals surface area (Å²) in [4.78, 5) is 4.34. The Morgan fingerprint density at radius 1 is 1.17 bits per heavy atom. The SMILES string of the molecule is Cc1ccc(C(Cl)C(C)c2ccccn2)c(Cl)c1. The lowest BCUT2D eigenvalue weighted by atomic mass is 9.96. The molecular formula is C15H15Cl2N. The normalized spacial score (nSPS) is 14.2. The van der Waals surface area contributed by atoms with Gasteiger partial charge in [0.25, 0.3) is 0 Å². The van der Waals surface area contributed by atoms with Crippen LogP contribution >= 0.6 is 23.2 Å². The van der Waals surface area contributed by atoms with Crippen LogP contribution in [0.4, 0.5) is 0 Å². The zero-order valence-corrected chi connectivity index (χ0v) is 11.9. The molecule has 0 saturated carbocycles. The minimum atomic E-state index is -0.173. The summed E-state index contributed by atoms with van der Waals surface area (Å²) in [5, 5.41) is 0.547. The third-order valence-electron chi connectivity index (χ3n) is 3.05. The minimum absolute atomic E-state index is 0.119. The van der Waals surface area contributed by atoms with E-state index in [1.54, 1.807) is 6.20 Å². The summed E-state index contributed by atoms with van der Waals surface area (Å²) in [6.07, 6.45) is 1.78. The standard InChI is InChI=1S/C15H15Cl2N/c1-10-6-7-12(13(16)9-10)15(17)11(2)14-5-3-4-8-18-14/h3-9,11,15H,1-2H3. The highest BCUT2D eigenvalue weighted by atomic mass is 35.5. The average molecular weight is 280 g/mol. The molecule has 0 bridgehead atoms. The average Bonchev–Trinajstić information content (AvgIpc) is 2.38. The highest BCUT2D eigenvalue weighted by molar-refractivity contribution is 6.33. The van der Waals surface area contributed by atoms with E-state index in [0.717, 1.165) is 21.8 Å². The third kappa shape index (κ3) is 2.85. The first-order chi connectivity index (χ1) is 8.59. The second-order valence-electron chi connectivity index (χ2n) is 4.47. The predicted octanol–water partition coefficient (Wildman–Crippen LogP) is 5.13. The van der Waals surface area contributed by atoms with E-state index < -0.39 is 0 Å². The van der Waals surface area contributed by atoms with Crippen LogP contribution in [0.5, 0.6) is 0 Å². The van der Waals surface area contributed by atoms with Crippen LogP contribution in [0.2, 0.25) is 5.02 Å². The zero-order chi connectivity index (χ0) is 13.1. The summed E-state index contributed by atoms with van der Waals surface area (Å²) in [6, 6.07) is 11.8. The van der Waals surface area contributed by atoms with Gasteiger partial charge in [-0.1, -0.05) is 36.7 Å². The molecule has 0 aliphatic rings. The fourth-order valence-corrected chi connectivity index (χ4v) is 2.65. The number of alkyl halides is 1. The zero-order valence-electron chi connectivity index (χ0n) is 10.4. The molecule has 0 amide bonds. The maximum absolute atomic E-state index is 6.52. The van der Waals surface area contributed by atoms with Crippen molar-refractivity contribution in [3.05, 3.63) is 64.4 Å². The van der Waals surface area contributed by atoms with E-state index in [0.29, 0.717) is 0 Å². The van der Waals surface area contributed by atoms with Crippen molar-refractivity contribution < 1.29 is 0 Å². The second kappa shape index (κ2) is 5.73. The molecule has 0 saturated heterocycles. The minimum Gasteiger partial charge on any atom is -0.261 e. The Balaban J connectivity index is 2.28. The molecule has 0 aliphatic carbocycles. The quantitative estimate of drug-likeness (QED) is 0.710. The number of aromatic nitrogens is 1. The Hall–Kier alpha value is -1.05. The van der Waals surface area contributed by atoms with Crippen LogP contribution in [0.25, 0.3) is 0 Å². The van der Waals surface area contributed by atoms with Crippen molar-refractivity contribution in [2.45, 2.75) is 25.1 Å². The van der Waals surface area contributed by atoms with Crippen molar-refractivity contribution >= 4 is 23.2 Å². The van der Waals surface area contributed by atoms with Crippen molar-refractivity contribution in [2.24, 2.45) is 0 Å². The summed E-state index contributed by atoms with van der Waals surface area (Å²) in [7, 11) is 0. The van der Waals surface area contributed by atoms with Crippen molar-refractivity contribution in [2.75, 3.05) is 0 Å². The van der Waals surface area contributed by atoms with Gasteiger partial charge in [0.1, 0.15) is 0 Å². The van der Waals surface area contributed by atoms with Crippen LogP contribution in [0.3, 0.4) is 0 Å². The second-order valence-corrected chi connectivity index (χ2v) is 5.35. The molecule has 1 heterocycles. The number of aryl methyl sites for hydroxylation is 1. The van der Waals surface area contributed by atoms with Gasteiger partial charge in [-0.3, -0.25) is 4.98 Å². The molecule has 0 N–H and O–H groups in total. The van der Waals surface area contributed by atoms with Crippen molar-refractivity contribution in [1.29, 1.82) is 0 Å². The predicted molar refractivity (Wildman–Crippen MR) is 77.4 cm³/mol. The maximum atomic E-state index is 6.52. The number of nitrogens with zero attached hydrogens (tertiary/aromatic N) is 1. The van der Waals surface area contributed by atoms with E-state index in [4.69, 9.17) is 23.2 Å². The fraction of sp³-hybridized carbons (Fsp3) is 0.267. The van der Waals surface area contributed by atoms with Gasteiger partial charge in [-0.05, 0) is 36.2 Å². The first kappa shape index (κ1) is 13.4. The smallest absolute Gasteiger partial charge is 0.0680 e. The molecular weight excluding hydrogens is 265 g/mol. The van der Waals surface area contributed by atoms with Crippen LogP contribution in [0.15, 0.2) is 42.6 Å². The monoisotopic (exact) mass is 279 g/mol. The molecule has 94 valence electrons. The van der Waals surface area contributed by atoms with Crippen LogP contribution in [-0.4, -0.2) is 4.98 Å². The number of hydrogen-bond donors (Lipinski definition) is 0. The third-order valence-corrected chi connectivity index (χ3v) is 3.99. The molecule has 0 radical (unpaired) electrons. The first-order valence-electron chi connectivity index (χ1n) is 5.90. The largest absolute Gasteiger partial charge is 0.261 e. The summed E-state index contributed by atoms with van der Waals surface area (Å²) in [6.45, 7) is 4.08. The summed E-state index contributed by atoms with van der Waals surface area (Å²) >= 11 is 12.8. The van der Waals surface area contributed by atoms with Gasteiger partial charge >= 0.3 is 0 Å². The van der Waals surface area contributed by atoms with Crippen molar-refractivity contribution in [3.8, 4) is 0 Å². The number of hydrogen-bond acceptors (Lipinski definition) is 1. The molecule has 1 aromatic heterocycles. The van der Waals surface area contributed by atoms with Gasteiger partial charge in [0.15, 0.2) is 0 Å². The molecule has 0 aliphatic heterocycles. The fourth-order valence-electron chi connectivity index (χ4n) is 1.92. The number of pyridine rings is 1. The van der Waals surface area contributed by atoms with E-state index in [1.165, 1.54) is 0 Å². The molecule has 2 aromatic rings. The van der Waals surface area contributed by atoms with E-state index in [-0.39, 0.29) is 11.3 Å². The molecule has 1 aromatic carbocycles. The Labute approximate surface area is 118 Å². The lowest BCUT2D eigenvalue weighted by Crippen LogP contribution is -2.05. The Kier molecular flexibility index (Phi) is 4.26. The Morgan fingerprint density at radius 3 is 2.56 bits per heavy atom. The lowest BCUT2D eigenvalue weighted by Gasteiger charge is -2.19. The van der Waals surface area contributed by atoms with Crippen LogP contribution < -0.4 is 0 Å². The lowest BCUT2D eigenvalue weighted by molar-refractivity contribution is 0.706. The van der Waals surface area contributed by atoms with Gasteiger partial charge in [-0.25, -0.2) is 0 Å². The molecule has 0 spiro atoms. The summed E-state index contributed by atoms with van der Waals surface area (Å²) in [5.41, 5.74) is 3.08. The maximum Gasteiger partial charge on any atom is 0.0680 e. The topological polar surface area (TPSA) is 12.9 Å². The van der Waals surface area contributed by atoms with Crippen molar-refractivity contribution in [1.82, 2.24) is 4.98 Å². The highest BCUT2D eigenvalue weighted by Gasteiger charge is 2.21. The Bertz CT molecular complexity index is 525. The Morgan fingerprint density at radius 2 is 1.94 bits per heavy atom. The molecule has 2 unspecified atom stereocenters. The molecule has 2 atom stereocenters.